The van der Waals surface area contributed by atoms with Gasteiger partial charge in [-0.05, 0) is 26.0 Å². The van der Waals surface area contributed by atoms with Gasteiger partial charge in [0.2, 0.25) is 0 Å². The summed E-state index contributed by atoms with van der Waals surface area (Å²) in [4.78, 5) is 0. The van der Waals surface area contributed by atoms with Crippen molar-refractivity contribution in [2.75, 3.05) is 19.8 Å². The molecule has 3 heteroatoms. The van der Waals surface area contributed by atoms with Crippen molar-refractivity contribution in [1.82, 2.24) is 5.32 Å². The van der Waals surface area contributed by atoms with Gasteiger partial charge in [-0.2, -0.15) is 0 Å². The van der Waals surface area contributed by atoms with E-state index in [2.05, 4.69) is 12.2 Å². The number of hydrogen-bond donors (Lipinski definition) is 1. The van der Waals surface area contributed by atoms with Crippen molar-refractivity contribution >= 4 is 0 Å². The van der Waals surface area contributed by atoms with Crippen LogP contribution < -0.4 is 5.32 Å². The van der Waals surface area contributed by atoms with E-state index in [1.807, 2.05) is 31.2 Å². The summed E-state index contributed by atoms with van der Waals surface area (Å²) in [6.07, 6.45) is 5.67. The van der Waals surface area contributed by atoms with E-state index in [9.17, 15) is 0 Å². The van der Waals surface area contributed by atoms with Gasteiger partial charge >= 0.3 is 0 Å². The summed E-state index contributed by atoms with van der Waals surface area (Å²) in [5.74, 6) is 0.962. The van der Waals surface area contributed by atoms with Gasteiger partial charge in [-0.25, -0.2) is 0 Å². The van der Waals surface area contributed by atoms with Gasteiger partial charge in [0.15, 0.2) is 0 Å². The van der Waals surface area contributed by atoms with Crippen LogP contribution in [-0.2, 0) is 4.74 Å². The molecule has 0 fully saturated rings. The first-order chi connectivity index (χ1) is 7.34. The van der Waals surface area contributed by atoms with Crippen LogP contribution in [0.2, 0.25) is 0 Å². The second-order valence-electron chi connectivity index (χ2n) is 3.34. The van der Waals surface area contributed by atoms with Crippen molar-refractivity contribution in [1.29, 1.82) is 0 Å². The van der Waals surface area contributed by atoms with E-state index < -0.39 is 0 Å². The van der Waals surface area contributed by atoms with Crippen LogP contribution in [0.5, 0.6) is 0 Å². The van der Waals surface area contributed by atoms with E-state index in [1.54, 1.807) is 6.26 Å². The molecule has 0 saturated carbocycles. The molecule has 0 aliphatic heterocycles. The molecular formula is C12H19NO2. The fourth-order valence-corrected chi connectivity index (χ4v) is 1.23. The van der Waals surface area contributed by atoms with Crippen LogP contribution >= 0.6 is 0 Å². The van der Waals surface area contributed by atoms with Crippen LogP contribution in [0.15, 0.2) is 35.0 Å². The Bertz CT molecular complexity index is 267. The average molecular weight is 209 g/mol. The van der Waals surface area contributed by atoms with Crippen LogP contribution in [0.1, 0.15) is 25.6 Å². The third-order valence-corrected chi connectivity index (χ3v) is 2.12. The van der Waals surface area contributed by atoms with E-state index in [4.69, 9.17) is 9.15 Å². The lowest BCUT2D eigenvalue weighted by Gasteiger charge is -2.10. The first kappa shape index (κ1) is 12.0. The van der Waals surface area contributed by atoms with Crippen molar-refractivity contribution in [3.05, 3.63) is 36.3 Å². The second-order valence-corrected chi connectivity index (χ2v) is 3.34. The lowest BCUT2D eigenvalue weighted by molar-refractivity contribution is 0.160. The number of allylic oxidation sites excluding steroid dienone is 1. The highest BCUT2D eigenvalue weighted by atomic mass is 16.5. The molecule has 1 rings (SSSR count). The molecule has 1 aromatic heterocycles. The summed E-state index contributed by atoms with van der Waals surface area (Å²) in [5.41, 5.74) is 0. The zero-order chi connectivity index (χ0) is 10.9. The third kappa shape index (κ3) is 4.81. The minimum Gasteiger partial charge on any atom is -0.468 e. The van der Waals surface area contributed by atoms with Gasteiger partial charge in [0.25, 0.3) is 0 Å². The summed E-state index contributed by atoms with van der Waals surface area (Å²) < 4.78 is 10.6. The number of furan rings is 1. The quantitative estimate of drug-likeness (QED) is 0.553. The summed E-state index contributed by atoms with van der Waals surface area (Å²) in [6, 6.07) is 4.11. The minimum atomic E-state index is 0.241. The van der Waals surface area contributed by atoms with Gasteiger partial charge in [0.05, 0.1) is 25.5 Å². The van der Waals surface area contributed by atoms with Gasteiger partial charge in [-0.1, -0.05) is 12.2 Å². The third-order valence-electron chi connectivity index (χ3n) is 2.12. The van der Waals surface area contributed by atoms with Crippen LogP contribution in [0, 0.1) is 0 Å². The maximum atomic E-state index is 5.36. The molecule has 1 aromatic rings. The van der Waals surface area contributed by atoms with Gasteiger partial charge < -0.3 is 14.5 Å². The van der Waals surface area contributed by atoms with E-state index in [1.165, 1.54) is 0 Å². The second kappa shape index (κ2) is 7.26. The molecule has 0 aromatic carbocycles. The highest BCUT2D eigenvalue weighted by Gasteiger charge is 2.05. The Hall–Kier alpha value is -1.06. The molecule has 84 valence electrons. The fourth-order valence-electron chi connectivity index (χ4n) is 1.23. The van der Waals surface area contributed by atoms with Crippen molar-refractivity contribution in [2.24, 2.45) is 0 Å². The molecule has 3 nitrogen and oxygen atoms in total. The maximum Gasteiger partial charge on any atom is 0.120 e. The molecule has 0 saturated heterocycles. The Morgan fingerprint density at radius 1 is 1.60 bits per heavy atom. The summed E-state index contributed by atoms with van der Waals surface area (Å²) in [7, 11) is 0. The zero-order valence-electron chi connectivity index (χ0n) is 9.40. The molecule has 0 spiro atoms. The van der Waals surface area contributed by atoms with Crippen LogP contribution in [-0.4, -0.2) is 19.8 Å². The molecule has 0 aliphatic carbocycles. The summed E-state index contributed by atoms with van der Waals surface area (Å²) >= 11 is 0. The van der Waals surface area contributed by atoms with Gasteiger partial charge in [-0.3, -0.25) is 0 Å². The molecule has 1 N–H and O–H groups in total. The molecule has 15 heavy (non-hydrogen) atoms. The molecule has 0 amide bonds. The molecule has 1 heterocycles. The largest absolute Gasteiger partial charge is 0.468 e. The van der Waals surface area contributed by atoms with Crippen molar-refractivity contribution in [3.8, 4) is 0 Å². The lowest BCUT2D eigenvalue weighted by Crippen LogP contribution is -2.22. The predicted molar refractivity (Wildman–Crippen MR) is 60.8 cm³/mol. The maximum absolute atomic E-state index is 5.36. The monoisotopic (exact) mass is 209 g/mol. The topological polar surface area (TPSA) is 34.4 Å². The Kier molecular flexibility index (Phi) is 5.81. The number of hydrogen-bond acceptors (Lipinski definition) is 3. The Labute approximate surface area is 91.1 Å². The molecule has 0 radical (unpaired) electrons. The Morgan fingerprint density at radius 3 is 3.13 bits per heavy atom. The van der Waals surface area contributed by atoms with Gasteiger partial charge in [-0.15, -0.1) is 0 Å². The number of nitrogens with one attached hydrogen (secondary N) is 1. The smallest absolute Gasteiger partial charge is 0.120 e. The van der Waals surface area contributed by atoms with Crippen LogP contribution in [0.25, 0.3) is 0 Å². The molecule has 0 aliphatic rings. The number of rotatable bonds is 7. The van der Waals surface area contributed by atoms with Gasteiger partial charge in [0, 0.05) is 6.54 Å². The average Bonchev–Trinajstić information content (AvgIpc) is 2.76. The van der Waals surface area contributed by atoms with Gasteiger partial charge in [0.1, 0.15) is 5.76 Å². The first-order valence-electron chi connectivity index (χ1n) is 5.30. The Morgan fingerprint density at radius 2 is 2.47 bits per heavy atom. The lowest BCUT2D eigenvalue weighted by atomic mass is 10.2. The van der Waals surface area contributed by atoms with E-state index in [-0.39, 0.29) is 6.04 Å². The highest BCUT2D eigenvalue weighted by molar-refractivity contribution is 5.02. The van der Waals surface area contributed by atoms with Crippen molar-refractivity contribution in [3.63, 3.8) is 0 Å². The first-order valence-corrected chi connectivity index (χ1v) is 5.30. The van der Waals surface area contributed by atoms with Crippen molar-refractivity contribution < 1.29 is 9.15 Å². The van der Waals surface area contributed by atoms with E-state index in [0.717, 1.165) is 18.9 Å². The highest BCUT2D eigenvalue weighted by Crippen LogP contribution is 2.11. The van der Waals surface area contributed by atoms with Crippen molar-refractivity contribution in [2.45, 2.75) is 19.9 Å². The fraction of sp³-hybridized carbons (Fsp3) is 0.500. The summed E-state index contributed by atoms with van der Waals surface area (Å²) in [6.45, 7) is 6.30. The van der Waals surface area contributed by atoms with E-state index in [0.29, 0.717) is 6.61 Å². The summed E-state index contributed by atoms with van der Waals surface area (Å²) in [5, 5.41) is 3.32. The molecule has 0 bridgehead atoms. The molecule has 1 atom stereocenters. The standard InChI is InChI=1S/C12H19NO2/c1-3-4-8-14-10-7-13-11(2)12-6-5-9-15-12/h3-6,9,11,13H,7-8,10H2,1-2H3. The van der Waals surface area contributed by atoms with Crippen LogP contribution in [0.3, 0.4) is 0 Å². The molecule has 1 unspecified atom stereocenters. The van der Waals surface area contributed by atoms with Crippen LogP contribution in [0.4, 0.5) is 0 Å². The minimum absolute atomic E-state index is 0.241. The SMILES string of the molecule is CC=CCOCCNC(C)c1ccco1. The molecular weight excluding hydrogens is 190 g/mol. The van der Waals surface area contributed by atoms with E-state index >= 15 is 0 Å². The zero-order valence-corrected chi connectivity index (χ0v) is 9.40. The predicted octanol–water partition coefficient (Wildman–Crippen LogP) is 2.52. The Balaban J connectivity index is 2.05. The number of ether oxygens (including phenoxy) is 1. The normalized spacial score (nSPS) is 13.5.